The number of benzene rings is 2. The van der Waals surface area contributed by atoms with Gasteiger partial charge >= 0.3 is 0 Å². The Morgan fingerprint density at radius 3 is 2.88 bits per heavy atom. The molecular weight excluding hydrogens is 376 g/mol. The molecule has 2 aromatic carbocycles. The third-order valence-corrected chi connectivity index (χ3v) is 5.55. The van der Waals surface area contributed by atoms with Crippen molar-refractivity contribution in [3.8, 4) is 0 Å². The van der Waals surface area contributed by atoms with Crippen LogP contribution >= 0.6 is 15.9 Å². The lowest BCUT2D eigenvalue weighted by Gasteiger charge is -2.25. The second-order valence-corrected chi connectivity index (χ2v) is 7.53. The second kappa shape index (κ2) is 7.04. The highest BCUT2D eigenvalue weighted by atomic mass is 79.9. The van der Waals surface area contributed by atoms with Crippen LogP contribution in [0.1, 0.15) is 30.9 Å². The minimum Gasteiger partial charge on any atom is -0.347 e. The summed E-state index contributed by atoms with van der Waals surface area (Å²) in [5.41, 5.74) is 2.42. The van der Waals surface area contributed by atoms with Crippen molar-refractivity contribution >= 4 is 32.7 Å². The van der Waals surface area contributed by atoms with E-state index in [1.165, 1.54) is 16.5 Å². The van der Waals surface area contributed by atoms with E-state index in [4.69, 9.17) is 0 Å². The molecular formula is C21H21BrN2O. The summed E-state index contributed by atoms with van der Waals surface area (Å²) < 4.78 is 3.25. The first-order valence-electron chi connectivity index (χ1n) is 8.81. The van der Waals surface area contributed by atoms with Crippen LogP contribution in [0.5, 0.6) is 0 Å². The van der Waals surface area contributed by atoms with Gasteiger partial charge in [-0.25, -0.2) is 0 Å². The fourth-order valence-corrected chi connectivity index (χ4v) is 4.24. The number of amides is 1. The first-order chi connectivity index (χ1) is 12.2. The molecule has 1 atom stereocenters. The number of fused-ring (bicyclic) bond motifs is 1. The van der Waals surface area contributed by atoms with Crippen LogP contribution in [0.25, 0.3) is 10.9 Å². The first-order valence-corrected chi connectivity index (χ1v) is 9.60. The normalized spacial score (nSPS) is 17.3. The molecule has 0 spiro atoms. The Balaban J connectivity index is 1.47. The molecule has 25 heavy (non-hydrogen) atoms. The van der Waals surface area contributed by atoms with Crippen molar-refractivity contribution in [3.63, 3.8) is 0 Å². The monoisotopic (exact) mass is 396 g/mol. The van der Waals surface area contributed by atoms with Gasteiger partial charge < -0.3 is 9.47 Å². The van der Waals surface area contributed by atoms with Crippen molar-refractivity contribution in [1.82, 2.24) is 9.47 Å². The molecule has 1 aliphatic rings. The van der Waals surface area contributed by atoms with Gasteiger partial charge in [-0.05, 0) is 48.1 Å². The minimum atomic E-state index is 0.214. The smallest absolute Gasteiger partial charge is 0.224 e. The Morgan fingerprint density at radius 1 is 1.12 bits per heavy atom. The average molecular weight is 397 g/mol. The summed E-state index contributed by atoms with van der Waals surface area (Å²) in [6, 6.07) is 19.0. The van der Waals surface area contributed by atoms with Gasteiger partial charge in [-0.15, -0.1) is 0 Å². The predicted octanol–water partition coefficient (Wildman–Crippen LogP) is 5.16. The van der Waals surface area contributed by atoms with Gasteiger partial charge in [-0.2, -0.15) is 0 Å². The Bertz CT molecular complexity index is 902. The maximum Gasteiger partial charge on any atom is 0.224 e. The summed E-state index contributed by atoms with van der Waals surface area (Å²) in [5, 5.41) is 1.23. The Hall–Kier alpha value is -2.07. The highest BCUT2D eigenvalue weighted by molar-refractivity contribution is 9.10. The van der Waals surface area contributed by atoms with Crippen molar-refractivity contribution in [2.45, 2.75) is 31.8 Å². The Morgan fingerprint density at radius 2 is 2.00 bits per heavy atom. The largest absolute Gasteiger partial charge is 0.347 e. The van der Waals surface area contributed by atoms with Gasteiger partial charge in [0.15, 0.2) is 0 Å². The third kappa shape index (κ3) is 3.36. The van der Waals surface area contributed by atoms with Crippen molar-refractivity contribution < 1.29 is 4.79 Å². The number of aromatic nitrogens is 1. The zero-order chi connectivity index (χ0) is 17.2. The number of rotatable bonds is 4. The summed E-state index contributed by atoms with van der Waals surface area (Å²) >= 11 is 3.54. The lowest BCUT2D eigenvalue weighted by Crippen LogP contribution is -2.31. The van der Waals surface area contributed by atoms with E-state index in [9.17, 15) is 4.79 Å². The van der Waals surface area contributed by atoms with Gasteiger partial charge in [0.05, 0.1) is 6.04 Å². The van der Waals surface area contributed by atoms with Crippen LogP contribution in [0.15, 0.2) is 65.3 Å². The van der Waals surface area contributed by atoms with Crippen LogP contribution in [0.2, 0.25) is 0 Å². The maximum atomic E-state index is 12.8. The quantitative estimate of drug-likeness (QED) is 0.597. The molecule has 3 aromatic rings. The number of para-hydroxylation sites is 1. The number of carbonyl (C=O) groups is 1. The lowest BCUT2D eigenvalue weighted by molar-refractivity contribution is -0.132. The van der Waals surface area contributed by atoms with Crippen molar-refractivity contribution in [3.05, 3.63) is 70.8 Å². The van der Waals surface area contributed by atoms with E-state index in [2.05, 4.69) is 61.9 Å². The van der Waals surface area contributed by atoms with E-state index in [-0.39, 0.29) is 11.9 Å². The van der Waals surface area contributed by atoms with E-state index in [1.54, 1.807) is 0 Å². The number of hydrogen-bond donors (Lipinski definition) is 0. The van der Waals surface area contributed by atoms with Crippen molar-refractivity contribution in [2.24, 2.45) is 0 Å². The summed E-state index contributed by atoms with van der Waals surface area (Å²) in [5.74, 6) is 0.250. The number of aryl methyl sites for hydroxylation is 1. The molecule has 4 heteroatoms. The van der Waals surface area contributed by atoms with Gasteiger partial charge in [0.25, 0.3) is 0 Å². The number of carbonyl (C=O) groups excluding carboxylic acids is 1. The van der Waals surface area contributed by atoms with Gasteiger partial charge in [-0.3, -0.25) is 4.79 Å². The average Bonchev–Trinajstić information content (AvgIpc) is 3.27. The molecule has 0 aliphatic carbocycles. The molecule has 3 nitrogen and oxygen atoms in total. The molecule has 128 valence electrons. The second-order valence-electron chi connectivity index (χ2n) is 6.62. The van der Waals surface area contributed by atoms with E-state index >= 15 is 0 Å². The van der Waals surface area contributed by atoms with Crippen LogP contribution in [0.3, 0.4) is 0 Å². The van der Waals surface area contributed by atoms with Gasteiger partial charge in [-0.1, -0.05) is 46.3 Å². The summed E-state index contributed by atoms with van der Waals surface area (Å²) in [6.45, 7) is 1.59. The molecule has 0 bridgehead atoms. The van der Waals surface area contributed by atoms with Gasteiger partial charge in [0.2, 0.25) is 5.91 Å². The number of halogens is 1. The van der Waals surface area contributed by atoms with E-state index in [0.29, 0.717) is 6.42 Å². The molecule has 1 fully saturated rings. The molecule has 1 saturated heterocycles. The molecule has 0 radical (unpaired) electrons. The van der Waals surface area contributed by atoms with Crippen LogP contribution in [0.4, 0.5) is 0 Å². The van der Waals surface area contributed by atoms with Crippen LogP contribution < -0.4 is 0 Å². The van der Waals surface area contributed by atoms with Gasteiger partial charge in [0, 0.05) is 35.7 Å². The molecule has 1 aromatic heterocycles. The standard InChI is InChI=1S/C21H21BrN2O/c22-18-7-3-6-17(15-18)20-9-4-12-24(20)21(25)11-14-23-13-10-16-5-1-2-8-19(16)23/h1-3,5-8,10,13,15,20H,4,9,11-12,14H2/t20-/m0/s1. The molecule has 4 rings (SSSR count). The van der Waals surface area contributed by atoms with Crippen molar-refractivity contribution in [2.75, 3.05) is 6.54 Å². The molecule has 0 unspecified atom stereocenters. The lowest BCUT2D eigenvalue weighted by atomic mass is 10.0. The maximum absolute atomic E-state index is 12.8. The fraction of sp³-hybridized carbons (Fsp3) is 0.286. The summed E-state index contributed by atoms with van der Waals surface area (Å²) in [7, 11) is 0. The molecule has 2 heterocycles. The topological polar surface area (TPSA) is 25.2 Å². The fourth-order valence-electron chi connectivity index (χ4n) is 3.82. The number of likely N-dealkylation sites (tertiary alicyclic amines) is 1. The van der Waals surface area contributed by atoms with Gasteiger partial charge in [0.1, 0.15) is 0 Å². The van der Waals surface area contributed by atoms with Crippen LogP contribution in [-0.4, -0.2) is 21.9 Å². The Labute approximate surface area is 156 Å². The number of hydrogen-bond acceptors (Lipinski definition) is 1. The van der Waals surface area contributed by atoms with E-state index in [1.807, 2.05) is 24.3 Å². The van der Waals surface area contributed by atoms with E-state index < -0.39 is 0 Å². The molecule has 0 saturated carbocycles. The highest BCUT2D eigenvalue weighted by Crippen LogP contribution is 2.33. The zero-order valence-corrected chi connectivity index (χ0v) is 15.7. The summed E-state index contributed by atoms with van der Waals surface area (Å²) in [4.78, 5) is 14.9. The zero-order valence-electron chi connectivity index (χ0n) is 14.1. The third-order valence-electron chi connectivity index (χ3n) is 5.05. The van der Waals surface area contributed by atoms with Crippen LogP contribution in [0, 0.1) is 0 Å². The minimum absolute atomic E-state index is 0.214. The van der Waals surface area contributed by atoms with E-state index in [0.717, 1.165) is 30.4 Å². The first kappa shape index (κ1) is 16.4. The van der Waals surface area contributed by atoms with Crippen LogP contribution in [-0.2, 0) is 11.3 Å². The number of nitrogens with zero attached hydrogens (tertiary/aromatic N) is 2. The Kier molecular flexibility index (Phi) is 4.62. The molecule has 0 N–H and O–H groups in total. The SMILES string of the molecule is O=C(CCn1ccc2ccccc21)N1CCC[C@H]1c1cccc(Br)c1. The molecule has 1 amide bonds. The highest BCUT2D eigenvalue weighted by Gasteiger charge is 2.29. The van der Waals surface area contributed by atoms with Crippen molar-refractivity contribution in [1.29, 1.82) is 0 Å². The molecule has 1 aliphatic heterocycles. The summed E-state index contributed by atoms with van der Waals surface area (Å²) in [6.07, 6.45) is 4.75. The predicted molar refractivity (Wildman–Crippen MR) is 104 cm³/mol.